The molecule has 1 atom stereocenters. The minimum atomic E-state index is -4.29. The second kappa shape index (κ2) is 9.32. The maximum atomic E-state index is 12.2. The van der Waals surface area contributed by atoms with Gasteiger partial charge >= 0.3 is 22.1 Å². The summed E-state index contributed by atoms with van der Waals surface area (Å²) in [5.74, 6) is -1.48. The lowest BCUT2D eigenvalue weighted by Gasteiger charge is -2.15. The van der Waals surface area contributed by atoms with E-state index in [-0.39, 0.29) is 22.1 Å². The molecule has 2 aromatic carbocycles. The van der Waals surface area contributed by atoms with Crippen LogP contribution in [0.15, 0.2) is 59.5 Å². The van der Waals surface area contributed by atoms with Gasteiger partial charge in [-0.3, -0.25) is 0 Å². The molecule has 2 aromatic rings. The molecule has 0 spiro atoms. The molecule has 0 aliphatic carbocycles. The highest BCUT2D eigenvalue weighted by atomic mass is 32.2. The summed E-state index contributed by atoms with van der Waals surface area (Å²) in [4.78, 5) is 23.9. The first-order valence-electron chi connectivity index (χ1n) is 8.72. The van der Waals surface area contributed by atoms with E-state index in [4.69, 9.17) is 4.74 Å². The first-order chi connectivity index (χ1) is 12.9. The van der Waals surface area contributed by atoms with Crippen molar-refractivity contribution in [3.05, 3.63) is 65.7 Å². The molecule has 1 unspecified atom stereocenters. The van der Waals surface area contributed by atoms with E-state index in [9.17, 15) is 18.0 Å². The summed E-state index contributed by atoms with van der Waals surface area (Å²) in [5.41, 5.74) is 0.362. The van der Waals surface area contributed by atoms with E-state index in [1.54, 1.807) is 18.2 Å². The smallest absolute Gasteiger partial charge is 0.354 e. The molecular weight excluding hydrogens is 368 g/mol. The van der Waals surface area contributed by atoms with Crippen molar-refractivity contribution in [3.8, 4) is 0 Å². The highest BCUT2D eigenvalue weighted by molar-refractivity contribution is 7.87. The van der Waals surface area contributed by atoms with E-state index in [1.807, 2.05) is 13.8 Å². The van der Waals surface area contributed by atoms with Crippen LogP contribution in [0, 0.1) is 0 Å². The number of carbonyl (C=O) groups is 2. The van der Waals surface area contributed by atoms with Gasteiger partial charge in [-0.1, -0.05) is 38.5 Å². The molecule has 0 bridgehead atoms. The van der Waals surface area contributed by atoms with Crippen LogP contribution >= 0.6 is 0 Å². The summed E-state index contributed by atoms with van der Waals surface area (Å²) in [5, 5.41) is 0. The summed E-state index contributed by atoms with van der Waals surface area (Å²) in [6.07, 6.45) is 2.21. The standard InChI is InChI=1S/C20H22O6S/c1-3-8-17(4-2)25-19(21)16-11-13-18(14-12-16)27(23,24)26-20(22)15-9-6-5-7-10-15/h5-7,9-14,17H,3-4,8H2,1-2H3. The molecule has 0 aromatic heterocycles. The van der Waals surface area contributed by atoms with Gasteiger partial charge in [-0.2, -0.15) is 8.42 Å². The fourth-order valence-electron chi connectivity index (χ4n) is 2.42. The highest BCUT2D eigenvalue weighted by Gasteiger charge is 2.22. The van der Waals surface area contributed by atoms with E-state index in [0.29, 0.717) is 6.42 Å². The zero-order chi connectivity index (χ0) is 19.9. The quantitative estimate of drug-likeness (QED) is 0.501. The predicted octanol–water partition coefficient (Wildman–Crippen LogP) is 3.97. The van der Waals surface area contributed by atoms with Crippen molar-refractivity contribution in [1.29, 1.82) is 0 Å². The Hall–Kier alpha value is -2.67. The second-order valence-corrected chi connectivity index (χ2v) is 7.49. The minimum Gasteiger partial charge on any atom is -0.459 e. The Kier molecular flexibility index (Phi) is 7.12. The van der Waals surface area contributed by atoms with Gasteiger partial charge < -0.3 is 8.92 Å². The number of hydrogen-bond donors (Lipinski definition) is 0. The summed E-state index contributed by atoms with van der Waals surface area (Å²) < 4.78 is 34.5. The molecule has 0 saturated carbocycles. The lowest BCUT2D eigenvalue weighted by Crippen LogP contribution is -2.17. The Morgan fingerprint density at radius 2 is 1.48 bits per heavy atom. The van der Waals surface area contributed by atoms with E-state index in [1.165, 1.54) is 36.4 Å². The fraction of sp³-hybridized carbons (Fsp3) is 0.300. The molecular formula is C20H22O6S. The molecule has 27 heavy (non-hydrogen) atoms. The summed E-state index contributed by atoms with van der Waals surface area (Å²) >= 11 is 0. The third kappa shape index (κ3) is 5.65. The molecule has 2 rings (SSSR count). The van der Waals surface area contributed by atoms with Crippen LogP contribution in [-0.2, 0) is 19.0 Å². The molecule has 0 aliphatic rings. The van der Waals surface area contributed by atoms with Crippen molar-refractivity contribution in [3.63, 3.8) is 0 Å². The molecule has 0 N–H and O–H groups in total. The Morgan fingerprint density at radius 1 is 0.889 bits per heavy atom. The lowest BCUT2D eigenvalue weighted by atomic mass is 10.1. The molecule has 144 valence electrons. The predicted molar refractivity (Wildman–Crippen MR) is 99.9 cm³/mol. The third-order valence-electron chi connectivity index (χ3n) is 3.91. The number of rotatable bonds is 8. The minimum absolute atomic E-state index is 0.128. The average molecular weight is 390 g/mol. The van der Waals surface area contributed by atoms with Gasteiger partial charge in [0.15, 0.2) is 0 Å². The highest BCUT2D eigenvalue weighted by Crippen LogP contribution is 2.17. The summed E-state index contributed by atoms with van der Waals surface area (Å²) in [6, 6.07) is 12.9. The van der Waals surface area contributed by atoms with Crippen molar-refractivity contribution < 1.29 is 26.9 Å². The molecule has 0 amide bonds. The van der Waals surface area contributed by atoms with Gasteiger partial charge in [0.05, 0.1) is 11.1 Å². The van der Waals surface area contributed by atoms with Gasteiger partial charge in [-0.05, 0) is 49.2 Å². The summed E-state index contributed by atoms with van der Waals surface area (Å²) in [6.45, 7) is 3.94. The summed E-state index contributed by atoms with van der Waals surface area (Å²) in [7, 11) is -4.29. The largest absolute Gasteiger partial charge is 0.459 e. The number of benzene rings is 2. The van der Waals surface area contributed by atoms with Gasteiger partial charge in [0.1, 0.15) is 11.0 Å². The molecule has 0 fully saturated rings. The van der Waals surface area contributed by atoms with Gasteiger partial charge in [0, 0.05) is 0 Å². The molecule has 0 heterocycles. The van der Waals surface area contributed by atoms with Crippen molar-refractivity contribution in [1.82, 2.24) is 0 Å². The van der Waals surface area contributed by atoms with Crippen molar-refractivity contribution in [2.45, 2.75) is 44.1 Å². The Labute approximate surface area is 159 Å². The SMILES string of the molecule is CCCC(CC)OC(=O)c1ccc(S(=O)(=O)OC(=O)c2ccccc2)cc1. The van der Waals surface area contributed by atoms with Crippen LogP contribution in [0.1, 0.15) is 53.8 Å². The van der Waals surface area contributed by atoms with Crippen LogP contribution in [0.5, 0.6) is 0 Å². The van der Waals surface area contributed by atoms with Gasteiger partial charge in [-0.25, -0.2) is 9.59 Å². The van der Waals surface area contributed by atoms with Gasteiger partial charge in [-0.15, -0.1) is 0 Å². The first-order valence-corrected chi connectivity index (χ1v) is 10.1. The van der Waals surface area contributed by atoms with Crippen LogP contribution in [0.2, 0.25) is 0 Å². The van der Waals surface area contributed by atoms with Crippen LogP contribution in [0.25, 0.3) is 0 Å². The van der Waals surface area contributed by atoms with E-state index in [2.05, 4.69) is 4.18 Å². The van der Waals surface area contributed by atoms with Crippen molar-refractivity contribution >= 4 is 22.1 Å². The molecule has 7 heteroatoms. The zero-order valence-corrected chi connectivity index (χ0v) is 16.1. The van der Waals surface area contributed by atoms with Crippen LogP contribution in [0.3, 0.4) is 0 Å². The Balaban J connectivity index is 2.09. The normalized spacial score (nSPS) is 12.2. The van der Waals surface area contributed by atoms with E-state index in [0.717, 1.165) is 12.8 Å². The molecule has 0 aliphatic heterocycles. The van der Waals surface area contributed by atoms with Crippen LogP contribution in [0.4, 0.5) is 0 Å². The third-order valence-corrected chi connectivity index (χ3v) is 5.13. The Morgan fingerprint density at radius 3 is 2.04 bits per heavy atom. The fourth-order valence-corrected chi connectivity index (χ4v) is 3.28. The topological polar surface area (TPSA) is 86.7 Å². The lowest BCUT2D eigenvalue weighted by molar-refractivity contribution is 0.0271. The maximum Gasteiger partial charge on any atom is 0.354 e. The van der Waals surface area contributed by atoms with Crippen LogP contribution < -0.4 is 0 Å². The van der Waals surface area contributed by atoms with Crippen molar-refractivity contribution in [2.24, 2.45) is 0 Å². The number of ether oxygens (including phenoxy) is 1. The second-order valence-electron chi connectivity index (χ2n) is 5.94. The molecule has 6 nitrogen and oxygen atoms in total. The zero-order valence-electron chi connectivity index (χ0n) is 15.3. The molecule has 0 radical (unpaired) electrons. The number of esters is 1. The first kappa shape index (κ1) is 20.6. The number of hydrogen-bond acceptors (Lipinski definition) is 6. The van der Waals surface area contributed by atoms with E-state index < -0.39 is 22.1 Å². The Bertz CT molecular complexity index is 872. The van der Waals surface area contributed by atoms with Gasteiger partial charge in [0.25, 0.3) is 0 Å². The molecule has 0 saturated heterocycles. The maximum absolute atomic E-state index is 12.2. The van der Waals surface area contributed by atoms with Crippen LogP contribution in [-0.4, -0.2) is 26.5 Å². The monoisotopic (exact) mass is 390 g/mol. The number of carbonyl (C=O) groups excluding carboxylic acids is 2. The van der Waals surface area contributed by atoms with Crippen molar-refractivity contribution in [2.75, 3.05) is 0 Å². The average Bonchev–Trinajstić information content (AvgIpc) is 2.68. The van der Waals surface area contributed by atoms with E-state index >= 15 is 0 Å². The van der Waals surface area contributed by atoms with Gasteiger partial charge in [0.2, 0.25) is 0 Å².